The van der Waals surface area contributed by atoms with E-state index in [0.717, 1.165) is 30.1 Å². The highest BCUT2D eigenvalue weighted by Crippen LogP contribution is 2.17. The van der Waals surface area contributed by atoms with Crippen LogP contribution in [0.25, 0.3) is 0 Å². The monoisotopic (exact) mass is 511 g/mol. The molecule has 0 amide bonds. The Bertz CT molecular complexity index is 811. The maximum atomic E-state index is 5.35. The number of likely N-dealkylation sites (N-methyl/N-ethyl adjacent to an activating group) is 1. The van der Waals surface area contributed by atoms with E-state index in [4.69, 9.17) is 4.74 Å². The van der Waals surface area contributed by atoms with E-state index in [9.17, 15) is 0 Å². The quantitative estimate of drug-likeness (QED) is 0.118. The molecule has 1 aromatic carbocycles. The lowest BCUT2D eigenvalue weighted by atomic mass is 10.0. The van der Waals surface area contributed by atoms with Crippen LogP contribution in [0.3, 0.4) is 0 Å². The first-order chi connectivity index (χ1) is 18.0. The maximum absolute atomic E-state index is 5.35. The number of ether oxygens (including phenoxy) is 1. The summed E-state index contributed by atoms with van der Waals surface area (Å²) in [6, 6.07) is 12.4. The van der Waals surface area contributed by atoms with Crippen LogP contribution in [-0.4, -0.2) is 55.3 Å². The molecule has 0 spiro atoms. The normalized spacial score (nSPS) is 11.6. The molecular weight excluding hydrogens is 456 g/mol. The topological polar surface area (TPSA) is 38.2 Å². The van der Waals surface area contributed by atoms with Gasteiger partial charge >= 0.3 is 0 Å². The highest BCUT2D eigenvalue weighted by Gasteiger charge is 2.19. The van der Waals surface area contributed by atoms with E-state index in [1.165, 1.54) is 102 Å². The molecule has 0 aliphatic heterocycles. The molecule has 5 heteroatoms. The number of unbranched alkanes of at least 4 members (excludes halogenated alkanes) is 13. The van der Waals surface area contributed by atoms with Gasteiger partial charge in [-0.2, -0.15) is 4.98 Å². The first kappa shape index (κ1) is 31.1. The smallest absolute Gasteiger partial charge is 0.229 e. The van der Waals surface area contributed by atoms with Crippen molar-refractivity contribution in [1.29, 1.82) is 0 Å². The lowest BCUT2D eigenvalue weighted by molar-refractivity contribution is -0.889. The van der Waals surface area contributed by atoms with Gasteiger partial charge in [-0.1, -0.05) is 114 Å². The predicted octanol–water partition coefficient (Wildman–Crippen LogP) is 8.05. The molecule has 1 heterocycles. The molecule has 0 aliphatic rings. The van der Waals surface area contributed by atoms with Gasteiger partial charge in [-0.25, -0.2) is 4.98 Å². The van der Waals surface area contributed by atoms with Crippen molar-refractivity contribution in [3.8, 4) is 5.88 Å². The van der Waals surface area contributed by atoms with Crippen molar-refractivity contribution in [2.24, 2.45) is 0 Å². The van der Waals surface area contributed by atoms with Crippen LogP contribution in [0.2, 0.25) is 0 Å². The number of methoxy groups -OCH3 is 1. The molecule has 0 fully saturated rings. The average Bonchev–Trinajstić information content (AvgIpc) is 2.91. The largest absolute Gasteiger partial charge is 0.481 e. The summed E-state index contributed by atoms with van der Waals surface area (Å²) in [4.78, 5) is 11.5. The van der Waals surface area contributed by atoms with Crippen LogP contribution in [0.4, 0.5) is 5.95 Å². The zero-order valence-corrected chi connectivity index (χ0v) is 24.5. The van der Waals surface area contributed by atoms with E-state index in [0.29, 0.717) is 5.88 Å². The van der Waals surface area contributed by atoms with Gasteiger partial charge in [0.15, 0.2) is 0 Å². The van der Waals surface area contributed by atoms with Crippen molar-refractivity contribution in [3.05, 3.63) is 48.2 Å². The van der Waals surface area contributed by atoms with Crippen molar-refractivity contribution < 1.29 is 9.22 Å². The van der Waals surface area contributed by atoms with Crippen molar-refractivity contribution in [1.82, 2.24) is 9.97 Å². The van der Waals surface area contributed by atoms with Crippen LogP contribution in [0.1, 0.15) is 102 Å². The number of quaternary nitrogens is 1. The first-order valence-electron chi connectivity index (χ1n) is 15.0. The Morgan fingerprint density at radius 1 is 0.730 bits per heavy atom. The summed E-state index contributed by atoms with van der Waals surface area (Å²) in [5, 5.41) is 0. The molecule has 0 atom stereocenters. The van der Waals surface area contributed by atoms with Crippen molar-refractivity contribution in [3.63, 3.8) is 0 Å². The van der Waals surface area contributed by atoms with Crippen LogP contribution in [0.15, 0.2) is 42.6 Å². The Morgan fingerprint density at radius 2 is 1.30 bits per heavy atom. The molecule has 0 bridgehead atoms. The summed E-state index contributed by atoms with van der Waals surface area (Å²) in [5.74, 6) is 1.35. The third kappa shape index (κ3) is 14.4. The van der Waals surface area contributed by atoms with Gasteiger partial charge in [0.1, 0.15) is 0 Å². The molecule has 2 rings (SSSR count). The van der Waals surface area contributed by atoms with E-state index < -0.39 is 0 Å². The minimum absolute atomic E-state index is 0.610. The van der Waals surface area contributed by atoms with Gasteiger partial charge < -0.3 is 14.1 Å². The highest BCUT2D eigenvalue weighted by atomic mass is 16.5. The summed E-state index contributed by atoms with van der Waals surface area (Å²) < 4.78 is 6.37. The van der Waals surface area contributed by atoms with Crippen LogP contribution >= 0.6 is 0 Å². The van der Waals surface area contributed by atoms with Gasteiger partial charge in [-0.05, 0) is 18.4 Å². The molecule has 208 valence electrons. The number of hydrogen-bond donors (Lipinski definition) is 0. The van der Waals surface area contributed by atoms with E-state index in [1.807, 2.05) is 0 Å². The Hall–Kier alpha value is -2.14. The molecule has 0 aliphatic carbocycles. The molecule has 0 N–H and O–H groups in total. The zero-order valence-electron chi connectivity index (χ0n) is 24.5. The summed E-state index contributed by atoms with van der Waals surface area (Å²) >= 11 is 0. The molecular formula is C32H55N4O+. The number of hydrogen-bond acceptors (Lipinski definition) is 4. The first-order valence-corrected chi connectivity index (χ1v) is 15.0. The standard InChI is InChI=1S/C32H55N4O/c1-5-6-7-8-9-10-11-12-13-14-15-16-17-21-27-36(2,3)28-26-35(29-30-22-19-18-20-23-30)32-33-25-24-31(34-32)37-4/h18-20,22-25H,5-17,21,26-29H2,1-4H3/q+1. The van der Waals surface area contributed by atoms with Gasteiger partial charge in [-0.15, -0.1) is 0 Å². The maximum Gasteiger partial charge on any atom is 0.229 e. The lowest BCUT2D eigenvalue weighted by Crippen LogP contribution is -2.46. The second-order valence-corrected chi connectivity index (χ2v) is 11.3. The number of anilines is 1. The minimum Gasteiger partial charge on any atom is -0.481 e. The summed E-state index contributed by atoms with van der Waals surface area (Å²) in [6.45, 7) is 6.28. The molecule has 37 heavy (non-hydrogen) atoms. The fourth-order valence-electron chi connectivity index (χ4n) is 4.89. The minimum atomic E-state index is 0.610. The third-order valence-corrected chi connectivity index (χ3v) is 7.42. The zero-order chi connectivity index (χ0) is 26.6. The van der Waals surface area contributed by atoms with Crippen molar-refractivity contribution >= 4 is 5.95 Å². The van der Waals surface area contributed by atoms with Gasteiger partial charge in [-0.3, -0.25) is 0 Å². The predicted molar refractivity (Wildman–Crippen MR) is 158 cm³/mol. The second kappa shape index (κ2) is 19.0. The number of rotatable bonds is 22. The summed E-state index contributed by atoms with van der Waals surface area (Å²) in [6.07, 6.45) is 21.5. The van der Waals surface area contributed by atoms with Crippen LogP contribution in [0, 0.1) is 0 Å². The molecule has 0 radical (unpaired) electrons. The number of nitrogens with zero attached hydrogens (tertiary/aromatic N) is 4. The molecule has 5 nitrogen and oxygen atoms in total. The molecule has 2 aromatic rings. The van der Waals surface area contributed by atoms with E-state index >= 15 is 0 Å². The van der Waals surface area contributed by atoms with Crippen LogP contribution in [0.5, 0.6) is 5.88 Å². The molecule has 0 unspecified atom stereocenters. The Balaban J connectivity index is 1.63. The van der Waals surface area contributed by atoms with Crippen LogP contribution < -0.4 is 9.64 Å². The van der Waals surface area contributed by atoms with Crippen LogP contribution in [-0.2, 0) is 6.54 Å². The van der Waals surface area contributed by atoms with Gasteiger partial charge in [0.2, 0.25) is 11.8 Å². The lowest BCUT2D eigenvalue weighted by Gasteiger charge is -2.33. The Morgan fingerprint density at radius 3 is 1.86 bits per heavy atom. The molecule has 0 saturated carbocycles. The van der Waals surface area contributed by atoms with E-state index in [2.05, 4.69) is 66.2 Å². The van der Waals surface area contributed by atoms with Crippen molar-refractivity contribution in [2.75, 3.05) is 45.7 Å². The average molecular weight is 512 g/mol. The van der Waals surface area contributed by atoms with E-state index in [-0.39, 0.29) is 0 Å². The Labute approximate surface area is 228 Å². The Kier molecular flexibility index (Phi) is 16.0. The number of aromatic nitrogens is 2. The highest BCUT2D eigenvalue weighted by molar-refractivity contribution is 5.34. The van der Waals surface area contributed by atoms with Gasteiger partial charge in [0.05, 0.1) is 40.8 Å². The van der Waals surface area contributed by atoms with Crippen molar-refractivity contribution in [2.45, 2.75) is 103 Å². The fraction of sp³-hybridized carbons (Fsp3) is 0.688. The summed E-state index contributed by atoms with van der Waals surface area (Å²) in [7, 11) is 6.37. The second-order valence-electron chi connectivity index (χ2n) is 11.3. The summed E-state index contributed by atoms with van der Waals surface area (Å²) in [5.41, 5.74) is 1.27. The molecule has 0 saturated heterocycles. The fourth-order valence-corrected chi connectivity index (χ4v) is 4.89. The molecule has 1 aromatic heterocycles. The SMILES string of the molecule is CCCCCCCCCCCCCCCC[N+](C)(C)CCN(Cc1ccccc1)c1nccc(OC)n1. The van der Waals surface area contributed by atoms with Gasteiger partial charge in [0, 0.05) is 18.8 Å². The third-order valence-electron chi connectivity index (χ3n) is 7.42. The number of benzene rings is 1. The van der Waals surface area contributed by atoms with E-state index in [1.54, 1.807) is 19.4 Å². The van der Waals surface area contributed by atoms with Gasteiger partial charge in [0.25, 0.3) is 0 Å².